The molecule has 5 N–H and O–H groups in total. The Hall–Kier alpha value is -3.45. The van der Waals surface area contributed by atoms with E-state index in [2.05, 4.69) is 42.2 Å². The lowest BCUT2D eigenvalue weighted by Crippen LogP contribution is -2.61. The number of carbonyl (C=O) groups excluding carboxylic acids is 5. The molecule has 122 heavy (non-hydrogen) atoms. The summed E-state index contributed by atoms with van der Waals surface area (Å²) in [6.07, 6.45) is -14.1. The minimum Gasteiger partial charge on any atom is -0.459 e. The molecule has 0 saturated carbocycles. The van der Waals surface area contributed by atoms with Gasteiger partial charge in [-0.1, -0.05) is 41.5 Å². The van der Waals surface area contributed by atoms with E-state index in [-0.39, 0.29) is 67.5 Å². The van der Waals surface area contributed by atoms with Crippen molar-refractivity contribution in [2.75, 3.05) is 97.8 Å². The normalized spacial score (nSPS) is 46.0. The number of likely N-dealkylation sites (N-methyl/N-ethyl adjacent to an activating group) is 4. The van der Waals surface area contributed by atoms with Crippen molar-refractivity contribution >= 4 is 29.8 Å². The zero-order chi connectivity index (χ0) is 92.6. The molecule has 8 heterocycles. The van der Waals surface area contributed by atoms with Crippen molar-refractivity contribution in [3.63, 3.8) is 0 Å². The number of hydrogen-bond acceptors (Lipinski definition) is 34. The number of cyclic esters (lactones) is 2. The predicted molar refractivity (Wildman–Crippen MR) is 451 cm³/mol. The van der Waals surface area contributed by atoms with Gasteiger partial charge in [-0.3, -0.25) is 33.8 Å². The predicted octanol–water partition coefficient (Wildman–Crippen LogP) is 6.28. The van der Waals surface area contributed by atoms with E-state index in [1.165, 1.54) is 35.0 Å². The van der Waals surface area contributed by atoms with Crippen molar-refractivity contribution in [3.05, 3.63) is 0 Å². The Balaban J connectivity index is 0.000000350. The third kappa shape index (κ3) is 26.0. The number of carbonyl (C=O) groups is 5. The summed E-state index contributed by atoms with van der Waals surface area (Å²) in [5, 5.41) is 59.3. The van der Waals surface area contributed by atoms with Crippen molar-refractivity contribution < 1.29 is 135 Å². The second-order valence-electron chi connectivity index (χ2n) is 38.9. The number of aliphatic hydroxyl groups is 5. The molecule has 8 rings (SSSR count). The Bertz CT molecular complexity index is 3280. The van der Waals surface area contributed by atoms with Gasteiger partial charge in [-0.15, -0.1) is 0 Å². The molecule has 0 spiro atoms. The molecule has 8 aliphatic heterocycles. The highest BCUT2D eigenvalue weighted by Gasteiger charge is 2.61. The van der Waals surface area contributed by atoms with Gasteiger partial charge in [-0.2, -0.15) is 0 Å². The molecule has 712 valence electrons. The molecule has 38 atom stereocenters. The Morgan fingerprint density at radius 1 is 0.475 bits per heavy atom. The second kappa shape index (κ2) is 44.4. The molecule has 34 heteroatoms. The van der Waals surface area contributed by atoms with Crippen LogP contribution in [0.2, 0.25) is 0 Å². The lowest BCUT2D eigenvalue weighted by atomic mass is 9.77. The summed E-state index contributed by atoms with van der Waals surface area (Å²) in [5.41, 5.74) is -7.11. The van der Waals surface area contributed by atoms with Crippen molar-refractivity contribution in [2.24, 2.45) is 35.5 Å². The van der Waals surface area contributed by atoms with Crippen LogP contribution in [0, 0.1) is 35.5 Å². The maximum atomic E-state index is 14.7. The highest BCUT2D eigenvalue weighted by atomic mass is 16.8. The van der Waals surface area contributed by atoms with Gasteiger partial charge >= 0.3 is 29.8 Å². The van der Waals surface area contributed by atoms with Crippen LogP contribution < -0.4 is 0 Å². The first-order valence-electron chi connectivity index (χ1n) is 44.2. The van der Waals surface area contributed by atoms with Crippen LogP contribution in [0.25, 0.3) is 0 Å². The molecule has 4 unspecified atom stereocenters. The molecule has 8 saturated heterocycles. The molecule has 0 amide bonds. The molecule has 34 nitrogen and oxygen atoms in total. The molecule has 8 fully saturated rings. The van der Waals surface area contributed by atoms with Crippen LogP contribution in [0.1, 0.15) is 211 Å². The smallest absolute Gasteiger partial charge is 0.311 e. The van der Waals surface area contributed by atoms with Crippen molar-refractivity contribution in [3.8, 4) is 0 Å². The summed E-state index contributed by atoms with van der Waals surface area (Å²) in [7, 11) is 22.3. The minimum atomic E-state index is -1.55. The van der Waals surface area contributed by atoms with Gasteiger partial charge in [0.05, 0.1) is 89.1 Å². The average Bonchev–Trinajstić information content (AvgIpc) is 1.32. The zero-order valence-corrected chi connectivity index (χ0v) is 80.4. The van der Waals surface area contributed by atoms with Gasteiger partial charge in [0.1, 0.15) is 53.9 Å². The fourth-order valence-corrected chi connectivity index (χ4v) is 19.9. The highest BCUT2D eigenvalue weighted by molar-refractivity contribution is 5.82. The highest BCUT2D eigenvalue weighted by Crippen LogP contribution is 2.47. The van der Waals surface area contributed by atoms with Gasteiger partial charge in [0, 0.05) is 90.9 Å². The minimum absolute atomic E-state index is 0.0483. The summed E-state index contributed by atoms with van der Waals surface area (Å²) < 4.78 is 114. The Morgan fingerprint density at radius 3 is 1.15 bits per heavy atom. The van der Waals surface area contributed by atoms with E-state index in [0.29, 0.717) is 45.2 Å². The van der Waals surface area contributed by atoms with Crippen molar-refractivity contribution in [1.29, 1.82) is 0 Å². The third-order valence-electron chi connectivity index (χ3n) is 26.9. The van der Waals surface area contributed by atoms with Crippen LogP contribution in [0.5, 0.6) is 0 Å². The van der Waals surface area contributed by atoms with Gasteiger partial charge in [0.25, 0.3) is 0 Å². The molecule has 0 aromatic carbocycles. The molecular formula is C88H162N6O28. The van der Waals surface area contributed by atoms with Gasteiger partial charge in [0.15, 0.2) is 31.3 Å². The van der Waals surface area contributed by atoms with Gasteiger partial charge in [-0.25, -0.2) is 0 Å². The molecule has 0 radical (unpaired) electrons. The summed E-state index contributed by atoms with van der Waals surface area (Å²) in [6, 6.07) is -0.848. The maximum absolute atomic E-state index is 14.7. The largest absolute Gasteiger partial charge is 0.459 e. The van der Waals surface area contributed by atoms with Crippen molar-refractivity contribution in [2.45, 2.75) is 404 Å². The van der Waals surface area contributed by atoms with E-state index in [1.807, 2.05) is 145 Å². The Kier molecular flexibility index (Phi) is 39.1. The number of hydrogen-bond donors (Lipinski definition) is 5. The Morgan fingerprint density at radius 2 is 0.828 bits per heavy atom. The zero-order valence-electron chi connectivity index (χ0n) is 80.4. The van der Waals surface area contributed by atoms with Crippen LogP contribution in [0.15, 0.2) is 0 Å². The first-order valence-corrected chi connectivity index (χ1v) is 44.2. The average molecular weight is 1750 g/mol. The summed E-state index contributed by atoms with van der Waals surface area (Å²) in [6.45, 7) is 42.8. The lowest BCUT2D eigenvalue weighted by molar-refractivity contribution is -0.318. The number of ether oxygens (including phenoxy) is 18. The SMILES string of the molecule is CC(=O)OC(C)=O.CC[C@H]1OC(=O)[C@H](C)C(O[C@H]2C[C@@](C)(OC)[C@@H](O)[C@H](C)O2)[C@H](C)[C@@H](O[C@@H]2O[C@H](C)C[C@H](N(C)C)[C@H]2O)[C@](C)(O)C[C@@H](C)CN(C)[C@H](C)[C@H]2OC(N(C)C)O[C@@]21C.CC[C@H]1OC(=O)[C@H](C)C(O[C@H]2C[C@@](C)(OC)[C@@H](O)[C@H](C)O2)[C@H](C)[C@@H](O[C@@H]2O[C@H](C)C[C@H](N(C)C)[C@H]2OC(C)=O)[C@](C)(O)C[C@@H](C)CN(C)[C@H](C)[C@H]2OC(N(C)C)O[C@@]21C. The van der Waals surface area contributed by atoms with E-state index in [1.54, 1.807) is 55.4 Å². The second-order valence-corrected chi connectivity index (χ2v) is 38.9. The van der Waals surface area contributed by atoms with Crippen LogP contribution in [-0.2, 0) is 109 Å². The van der Waals surface area contributed by atoms with E-state index >= 15 is 0 Å². The summed E-state index contributed by atoms with van der Waals surface area (Å²) >= 11 is 0. The van der Waals surface area contributed by atoms with Crippen molar-refractivity contribution in [1.82, 2.24) is 29.4 Å². The van der Waals surface area contributed by atoms with E-state index in [0.717, 1.165) is 0 Å². The topological polar surface area (TPSA) is 372 Å². The standard InChI is InChI=1S/C43H79N3O13.C41H77N3O12.C4H6O3/c1-18-31-43(11)37(58-40(59-43)45(14)15)27(6)46(16)22-23(2)20-41(9,50)36(57-39-34(54-29(8)47)30(44(12)13)19-24(3)52-39)25(4)33(26(5)38(49)55-31)56-32-21-42(10,51-17)35(48)28(7)53-32;1-17-29-41(10)35(55-38(56-41)43(13)14)26(6)44(15)21-22(2)19-39(8,48)34(54-37-31(45)28(42(11)12)18-23(3)50-37)24(4)32(25(5)36(47)52-29)53-30-20-40(9,49-16)33(46)27(7)51-30;1-3(5)7-4(2)6/h23-28,30-37,39-40,48,50H,18-22H2,1-17H3;22-35,37-38,45-46,48H,17-21H2,1-16H3;1-2H3/t23-,24-,25+,26-,27-,28+,30+,31-,32+,33?,34-,35+,36-,37-,39+,40?,41-,42-,43-;22-,23-,24+,25-,26-,27+,28+,29-,30+,31-,32?,33+,34-,35-,37+,38?,39-,40-,41-;/m11./s1. The number of rotatable bonds is 17. The molecule has 0 aliphatic carbocycles. The first-order chi connectivity index (χ1) is 56.3. The fourth-order valence-electron chi connectivity index (χ4n) is 19.9. The summed E-state index contributed by atoms with van der Waals surface area (Å²) in [4.78, 5) is 73.6. The van der Waals surface area contributed by atoms with Gasteiger partial charge in [-0.05, 0) is 218 Å². The first kappa shape index (κ1) is 107. The maximum Gasteiger partial charge on any atom is 0.311 e. The van der Waals surface area contributed by atoms with Crippen LogP contribution in [-0.4, -0.2) is 376 Å². The molecule has 0 bridgehead atoms. The summed E-state index contributed by atoms with van der Waals surface area (Å²) in [5.74, 6) is -6.09. The van der Waals surface area contributed by atoms with Gasteiger partial charge < -0.3 is 130 Å². The van der Waals surface area contributed by atoms with E-state index < -0.39 is 211 Å². The van der Waals surface area contributed by atoms with Crippen LogP contribution in [0.4, 0.5) is 0 Å². The molecular weight excluding hydrogens is 1590 g/mol. The molecule has 8 aliphatic rings. The van der Waals surface area contributed by atoms with E-state index in [4.69, 9.17) is 80.5 Å². The number of nitrogens with zero attached hydrogens (tertiary/aromatic N) is 6. The lowest BCUT2D eigenvalue weighted by Gasteiger charge is -2.49. The quantitative estimate of drug-likeness (QED) is 0.0607. The monoisotopic (exact) mass is 1750 g/mol. The number of fused-ring (bicyclic) bond motifs is 2. The third-order valence-corrected chi connectivity index (χ3v) is 26.9. The number of methoxy groups -OCH3 is 2. The van der Waals surface area contributed by atoms with Crippen LogP contribution in [0.3, 0.4) is 0 Å². The molecule has 0 aromatic heterocycles. The number of esters is 5. The fraction of sp³-hybridized carbons (Fsp3) is 0.943. The Labute approximate surface area is 728 Å². The number of aliphatic hydroxyl groups excluding tert-OH is 3. The van der Waals surface area contributed by atoms with Gasteiger partial charge in [0.2, 0.25) is 12.8 Å². The van der Waals surface area contributed by atoms with Crippen LogP contribution >= 0.6 is 0 Å². The van der Waals surface area contributed by atoms with E-state index in [9.17, 15) is 49.5 Å². The molecule has 0 aromatic rings.